The molecule has 4 rings (SSSR count). The van der Waals surface area contributed by atoms with Crippen LogP contribution in [0.25, 0.3) is 0 Å². The molecule has 0 aromatic heterocycles. The highest BCUT2D eigenvalue weighted by molar-refractivity contribution is 5.96. The molecule has 3 aliphatic heterocycles. The van der Waals surface area contributed by atoms with E-state index in [0.717, 1.165) is 5.69 Å². The number of rotatable bonds is 17. The fourth-order valence-corrected chi connectivity index (χ4v) is 11.3. The number of nitrogens with zero attached hydrogens (tertiary/aromatic N) is 2. The molecule has 14 unspecified atom stereocenters. The predicted molar refractivity (Wildman–Crippen MR) is 342 cm³/mol. The van der Waals surface area contributed by atoms with Crippen LogP contribution in [0.5, 0.6) is 0 Å². The van der Waals surface area contributed by atoms with Gasteiger partial charge in [0.25, 0.3) is 0 Å². The number of carbonyl (C=O) groups is 5. The van der Waals surface area contributed by atoms with E-state index in [-0.39, 0.29) is 50.0 Å². The molecule has 24 heteroatoms. The number of likely N-dealkylation sites (N-methyl/N-ethyl adjacent to an activating group) is 2. The lowest BCUT2D eigenvalue weighted by atomic mass is 9.82. The highest BCUT2D eigenvalue weighted by Crippen LogP contribution is 2.38. The molecule has 510 valence electrons. The summed E-state index contributed by atoms with van der Waals surface area (Å²) in [6.07, 6.45) is 2.19. The van der Waals surface area contributed by atoms with E-state index >= 15 is 0 Å². The lowest BCUT2D eigenvalue weighted by Gasteiger charge is -2.46. The van der Waals surface area contributed by atoms with Crippen molar-refractivity contribution >= 4 is 35.0 Å². The second-order valence-electron chi connectivity index (χ2n) is 24.9. The van der Waals surface area contributed by atoms with Crippen molar-refractivity contribution < 1.29 is 94.0 Å². The van der Waals surface area contributed by atoms with E-state index in [1.54, 1.807) is 129 Å². The quantitative estimate of drug-likeness (QED) is 0.0784. The van der Waals surface area contributed by atoms with Crippen LogP contribution in [0, 0.1) is 17.8 Å². The summed E-state index contributed by atoms with van der Waals surface area (Å²) in [6, 6.07) is 5.68. The number of benzene rings is 1. The van der Waals surface area contributed by atoms with Gasteiger partial charge in [-0.2, -0.15) is 0 Å². The van der Waals surface area contributed by atoms with E-state index in [9.17, 15) is 75.0 Å². The van der Waals surface area contributed by atoms with Crippen LogP contribution in [0.15, 0.2) is 109 Å². The van der Waals surface area contributed by atoms with E-state index in [1.807, 2.05) is 38.9 Å². The number of hydrogen-bond acceptors (Lipinski definition) is 22. The van der Waals surface area contributed by atoms with E-state index < -0.39 is 178 Å². The van der Waals surface area contributed by atoms with Crippen LogP contribution >= 0.6 is 0 Å². The molecule has 91 heavy (non-hydrogen) atoms. The number of carbonyl (C=O) groups excluding carboxylic acids is 5. The van der Waals surface area contributed by atoms with Crippen molar-refractivity contribution in [1.29, 1.82) is 0 Å². The first-order valence-corrected chi connectivity index (χ1v) is 31.5. The Hall–Kier alpha value is -5.65. The molecule has 13 N–H and O–H groups in total. The van der Waals surface area contributed by atoms with Crippen LogP contribution in [-0.4, -0.2) is 243 Å². The topological polar surface area (TPSA) is 367 Å². The van der Waals surface area contributed by atoms with Crippen LogP contribution in [-0.2, 0) is 38.1 Å². The van der Waals surface area contributed by atoms with Gasteiger partial charge in [0.2, 0.25) is 11.8 Å². The minimum atomic E-state index is -2.32. The van der Waals surface area contributed by atoms with Crippen LogP contribution in [0.1, 0.15) is 108 Å². The van der Waals surface area contributed by atoms with Crippen molar-refractivity contribution in [1.82, 2.24) is 20.4 Å². The molecule has 19 atom stereocenters. The molecular weight excluding hydrogens is 1180 g/mol. The molecular formula is C67H103N5O19. The number of aliphatic hydroxyl groups is 10. The predicted octanol–water partition coefficient (Wildman–Crippen LogP) is 2.06. The Morgan fingerprint density at radius 1 is 0.703 bits per heavy atom. The summed E-state index contributed by atoms with van der Waals surface area (Å²) in [4.78, 5) is 69.8. The Labute approximate surface area is 535 Å². The Bertz CT molecular complexity index is 2610. The van der Waals surface area contributed by atoms with Crippen LogP contribution in [0.2, 0.25) is 0 Å². The first kappa shape index (κ1) is 77.8. The van der Waals surface area contributed by atoms with Crippen molar-refractivity contribution in [3.63, 3.8) is 0 Å². The third-order valence-corrected chi connectivity index (χ3v) is 16.0. The van der Waals surface area contributed by atoms with Crippen LogP contribution in [0.4, 0.5) is 5.69 Å². The lowest BCUT2D eigenvalue weighted by Crippen LogP contribution is -2.64. The number of nitrogens with one attached hydrogen (secondary N) is 3. The Kier molecular flexibility index (Phi) is 34.0. The van der Waals surface area contributed by atoms with E-state index in [4.69, 9.17) is 18.9 Å². The van der Waals surface area contributed by atoms with Gasteiger partial charge in [0.15, 0.2) is 17.9 Å². The molecule has 0 spiro atoms. The van der Waals surface area contributed by atoms with Gasteiger partial charge < -0.3 is 95.8 Å². The summed E-state index contributed by atoms with van der Waals surface area (Å²) in [7, 11) is 8.75. The van der Waals surface area contributed by atoms with E-state index in [1.165, 1.54) is 6.92 Å². The number of ether oxygens (including phenoxy) is 4. The molecule has 2 bridgehead atoms. The summed E-state index contributed by atoms with van der Waals surface area (Å²) in [6.45, 7) is 5.81. The van der Waals surface area contributed by atoms with Gasteiger partial charge in [0.05, 0.1) is 86.0 Å². The van der Waals surface area contributed by atoms with Crippen LogP contribution in [0.3, 0.4) is 0 Å². The number of cyclic esters (lactones) is 1. The summed E-state index contributed by atoms with van der Waals surface area (Å²) >= 11 is 0. The smallest absolute Gasteiger partial charge is 0.308 e. The zero-order valence-electron chi connectivity index (χ0n) is 53.9. The molecule has 0 radical (unpaired) electrons. The SMILES string of the molecule is CNc1ccc(C(=O)CC(O)CCC(C)C2OC(=O)CC(O)CC(=O)CC(O)CC(O)CC(O)CC(O)CC3(O)CC(O)C(C(=O)NCCN(C)C)C(CC(O[C@@H]4O[C@H](C)[C@@H](O)[C@H](NC(=O)CN(C)C)[C@@H]4O)/C=C/C=C/C=C/C=C/C=C/C=C/C=C/C2C)O3)cc1. The third-order valence-electron chi connectivity index (χ3n) is 16.0. The van der Waals surface area contributed by atoms with E-state index in [2.05, 4.69) is 16.0 Å². The molecule has 0 saturated carbocycles. The van der Waals surface area contributed by atoms with Crippen molar-refractivity contribution in [3.05, 3.63) is 115 Å². The second kappa shape index (κ2) is 39.8. The van der Waals surface area contributed by atoms with Crippen molar-refractivity contribution in [2.24, 2.45) is 17.8 Å². The first-order chi connectivity index (χ1) is 43.1. The fraction of sp³-hybridized carbons (Fsp3) is 0.627. The monoisotopic (exact) mass is 1280 g/mol. The number of ketones is 2. The van der Waals surface area contributed by atoms with Gasteiger partial charge in [0.1, 0.15) is 24.1 Å². The summed E-state index contributed by atoms with van der Waals surface area (Å²) in [5, 5.41) is 121. The van der Waals surface area contributed by atoms with Crippen molar-refractivity contribution in [3.8, 4) is 0 Å². The minimum absolute atomic E-state index is 0.0513. The maximum absolute atomic E-state index is 14.0. The first-order valence-electron chi connectivity index (χ1n) is 31.5. The lowest BCUT2D eigenvalue weighted by molar-refractivity contribution is -0.307. The Balaban J connectivity index is 1.62. The number of Topliss-reactive ketones (excluding diaryl/α,β-unsaturated/α-hetero) is 2. The fourth-order valence-electron chi connectivity index (χ4n) is 11.3. The maximum atomic E-state index is 14.0. The van der Waals surface area contributed by atoms with Crippen LogP contribution < -0.4 is 16.0 Å². The molecule has 3 heterocycles. The molecule has 1 aromatic rings. The normalized spacial score (nSPS) is 34.9. The molecule has 0 aliphatic carbocycles. The number of aliphatic hydroxyl groups excluding tert-OH is 9. The molecule has 2 fully saturated rings. The van der Waals surface area contributed by atoms with Gasteiger partial charge in [-0.05, 0) is 97.4 Å². The van der Waals surface area contributed by atoms with Crippen molar-refractivity contribution in [2.45, 2.75) is 195 Å². The molecule has 2 saturated heterocycles. The minimum Gasteiger partial charge on any atom is -0.461 e. The average Bonchev–Trinajstić information content (AvgIpc) is 0.818. The van der Waals surface area contributed by atoms with Gasteiger partial charge in [-0.25, -0.2) is 0 Å². The van der Waals surface area contributed by atoms with Gasteiger partial charge in [-0.15, -0.1) is 0 Å². The Morgan fingerprint density at radius 2 is 1.27 bits per heavy atom. The summed E-state index contributed by atoms with van der Waals surface area (Å²) in [5.74, 6) is -7.10. The summed E-state index contributed by atoms with van der Waals surface area (Å²) in [5.41, 5.74) is 1.30. The van der Waals surface area contributed by atoms with Gasteiger partial charge in [0, 0.05) is 75.8 Å². The van der Waals surface area contributed by atoms with Gasteiger partial charge in [-0.1, -0.05) is 98.9 Å². The zero-order valence-corrected chi connectivity index (χ0v) is 53.9. The molecule has 24 nitrogen and oxygen atoms in total. The molecule has 2 amide bonds. The number of amides is 2. The Morgan fingerprint density at radius 3 is 1.87 bits per heavy atom. The van der Waals surface area contributed by atoms with E-state index in [0.29, 0.717) is 18.5 Å². The highest BCUT2D eigenvalue weighted by Gasteiger charge is 2.51. The molecule has 3 aliphatic rings. The molecule has 1 aromatic carbocycles. The number of hydrogen-bond donors (Lipinski definition) is 13. The maximum Gasteiger partial charge on any atom is 0.308 e. The van der Waals surface area contributed by atoms with Gasteiger partial charge >= 0.3 is 5.97 Å². The highest BCUT2D eigenvalue weighted by atomic mass is 16.7. The van der Waals surface area contributed by atoms with Gasteiger partial charge in [-0.3, -0.25) is 24.0 Å². The summed E-state index contributed by atoms with van der Waals surface area (Å²) < 4.78 is 24.6. The standard InChI is InChI=1S/C67H103N5O19/c1-42-21-19-17-15-13-11-9-10-12-14-16-18-20-22-54(89-66-63(85)61(62(84)44(3)88-66)70-58(82)41-72(7)8)38-57-60(65(86)69-29-30-71(5)6)56(81)40-67(87,91-57)39-53(79)35-51(77)33-49(75)31-48(74)32-50(76)34-52(78)37-59(83)90-64(42)43(2)23-28-47(73)36-55(80)45-24-26-46(68-4)27-25-45/h9-22,24-27,42-44,47-49,51-54,56-57,60-64,66,68,73-75,77-79,81,84-85,87H,23,28-41H2,1-8H3,(H,69,86)(H,70,82)/b10-9+,13-11+,14-12+,17-15+,18-16+,21-19+,22-20+/t42?,43?,44-,47?,48?,49?,51?,52?,53?,54?,56?,57?,60?,61+,62-,63+,64?,66+,67?/m1/s1. The number of esters is 1. The number of anilines is 1. The zero-order chi connectivity index (χ0) is 67.4. The largest absolute Gasteiger partial charge is 0.461 e. The third kappa shape index (κ3) is 28.6. The average molecular weight is 1280 g/mol. The second-order valence-corrected chi connectivity index (χ2v) is 24.9. The van der Waals surface area contributed by atoms with Crippen molar-refractivity contribution in [2.75, 3.05) is 60.2 Å². The number of fused-ring (bicyclic) bond motifs is 2. The number of allylic oxidation sites excluding steroid dienone is 12.